The van der Waals surface area contributed by atoms with Crippen LogP contribution in [-0.4, -0.2) is 13.6 Å². The smallest absolute Gasteiger partial charge is 0.00208 e. The summed E-state index contributed by atoms with van der Waals surface area (Å²) in [6.45, 7) is 3.64. The second kappa shape index (κ2) is 7.53. The molecule has 1 nitrogen and oxygen atoms in total. The Labute approximate surface area is 114 Å². The Morgan fingerprint density at radius 3 is 2.28 bits per heavy atom. The maximum Gasteiger partial charge on any atom is -0.00208 e. The molecule has 1 heteroatoms. The van der Waals surface area contributed by atoms with E-state index in [4.69, 9.17) is 0 Å². The van der Waals surface area contributed by atoms with Gasteiger partial charge in [0.1, 0.15) is 0 Å². The SMILES string of the molecule is CCC1CCC(C2CCCCCC2CNC)CC1. The van der Waals surface area contributed by atoms with E-state index in [2.05, 4.69) is 19.3 Å². The van der Waals surface area contributed by atoms with Crippen molar-refractivity contribution < 1.29 is 0 Å². The summed E-state index contributed by atoms with van der Waals surface area (Å²) in [6.07, 6.45) is 15.0. The van der Waals surface area contributed by atoms with E-state index in [1.807, 2.05) is 0 Å². The fourth-order valence-electron chi connectivity index (χ4n) is 4.57. The molecule has 0 bridgehead atoms. The number of hydrogen-bond acceptors (Lipinski definition) is 1. The van der Waals surface area contributed by atoms with E-state index in [1.54, 1.807) is 0 Å². The normalized spacial score (nSPS) is 38.3. The van der Waals surface area contributed by atoms with E-state index in [1.165, 1.54) is 70.8 Å². The van der Waals surface area contributed by atoms with Gasteiger partial charge in [0.25, 0.3) is 0 Å². The Bertz CT molecular complexity index is 218. The summed E-state index contributed by atoms with van der Waals surface area (Å²) >= 11 is 0. The molecule has 2 fully saturated rings. The van der Waals surface area contributed by atoms with Gasteiger partial charge in [-0.05, 0) is 62.9 Å². The van der Waals surface area contributed by atoms with Gasteiger partial charge in [-0.3, -0.25) is 0 Å². The van der Waals surface area contributed by atoms with Gasteiger partial charge < -0.3 is 5.32 Å². The third kappa shape index (κ3) is 3.73. The molecule has 2 unspecified atom stereocenters. The molecule has 2 atom stereocenters. The second-order valence-corrected chi connectivity index (χ2v) is 6.81. The molecule has 18 heavy (non-hydrogen) atoms. The summed E-state index contributed by atoms with van der Waals surface area (Å²) in [6, 6.07) is 0. The van der Waals surface area contributed by atoms with Gasteiger partial charge in [-0.2, -0.15) is 0 Å². The van der Waals surface area contributed by atoms with Crippen molar-refractivity contribution in [2.75, 3.05) is 13.6 Å². The number of nitrogens with one attached hydrogen (secondary N) is 1. The highest BCUT2D eigenvalue weighted by Gasteiger charge is 2.32. The van der Waals surface area contributed by atoms with Crippen LogP contribution in [0.5, 0.6) is 0 Å². The minimum atomic E-state index is 0.973. The lowest BCUT2D eigenvalue weighted by molar-refractivity contribution is 0.142. The summed E-state index contributed by atoms with van der Waals surface area (Å²) in [5, 5.41) is 3.45. The van der Waals surface area contributed by atoms with Crippen LogP contribution in [0.2, 0.25) is 0 Å². The van der Waals surface area contributed by atoms with Crippen LogP contribution in [0.15, 0.2) is 0 Å². The first kappa shape index (κ1) is 14.4. The lowest BCUT2D eigenvalue weighted by Crippen LogP contribution is -2.32. The van der Waals surface area contributed by atoms with E-state index in [0.717, 1.165) is 23.7 Å². The van der Waals surface area contributed by atoms with Crippen LogP contribution >= 0.6 is 0 Å². The monoisotopic (exact) mass is 251 g/mol. The van der Waals surface area contributed by atoms with E-state index < -0.39 is 0 Å². The lowest BCUT2D eigenvalue weighted by atomic mass is 9.69. The fourth-order valence-corrected chi connectivity index (χ4v) is 4.57. The molecule has 0 aromatic carbocycles. The summed E-state index contributed by atoms with van der Waals surface area (Å²) in [5.41, 5.74) is 0. The van der Waals surface area contributed by atoms with Crippen molar-refractivity contribution in [3.63, 3.8) is 0 Å². The van der Waals surface area contributed by atoms with Gasteiger partial charge in [-0.25, -0.2) is 0 Å². The summed E-state index contributed by atoms with van der Waals surface area (Å²) in [5.74, 6) is 4.12. The molecule has 2 saturated carbocycles. The molecule has 1 N–H and O–H groups in total. The van der Waals surface area contributed by atoms with Crippen molar-refractivity contribution in [3.05, 3.63) is 0 Å². The van der Waals surface area contributed by atoms with Crippen LogP contribution in [0.25, 0.3) is 0 Å². The zero-order valence-corrected chi connectivity index (χ0v) is 12.6. The average Bonchev–Trinajstić information content (AvgIpc) is 2.65. The molecule has 0 saturated heterocycles. The molecule has 0 spiro atoms. The molecule has 0 aromatic rings. The van der Waals surface area contributed by atoms with E-state index in [-0.39, 0.29) is 0 Å². The predicted molar refractivity (Wildman–Crippen MR) is 79.7 cm³/mol. The maximum atomic E-state index is 3.45. The minimum absolute atomic E-state index is 0.973. The first-order chi connectivity index (χ1) is 8.85. The predicted octanol–water partition coefficient (Wildman–Crippen LogP) is 4.62. The van der Waals surface area contributed by atoms with Gasteiger partial charge in [-0.1, -0.05) is 45.4 Å². The first-order valence-electron chi connectivity index (χ1n) is 8.49. The topological polar surface area (TPSA) is 12.0 Å². The second-order valence-electron chi connectivity index (χ2n) is 6.81. The molecule has 106 valence electrons. The van der Waals surface area contributed by atoms with Crippen molar-refractivity contribution in [2.45, 2.75) is 71.1 Å². The highest BCUT2D eigenvalue weighted by Crippen LogP contribution is 2.42. The third-order valence-electron chi connectivity index (χ3n) is 5.76. The van der Waals surface area contributed by atoms with Crippen molar-refractivity contribution in [1.82, 2.24) is 5.32 Å². The summed E-state index contributed by atoms with van der Waals surface area (Å²) < 4.78 is 0. The zero-order valence-electron chi connectivity index (χ0n) is 12.6. The van der Waals surface area contributed by atoms with Crippen LogP contribution in [0.4, 0.5) is 0 Å². The van der Waals surface area contributed by atoms with Crippen LogP contribution < -0.4 is 5.32 Å². The van der Waals surface area contributed by atoms with Crippen molar-refractivity contribution in [3.8, 4) is 0 Å². The van der Waals surface area contributed by atoms with Crippen molar-refractivity contribution in [1.29, 1.82) is 0 Å². The molecular weight excluding hydrogens is 218 g/mol. The van der Waals surface area contributed by atoms with Crippen molar-refractivity contribution in [2.24, 2.45) is 23.7 Å². The number of hydrogen-bond donors (Lipinski definition) is 1. The Balaban J connectivity index is 1.91. The summed E-state index contributed by atoms with van der Waals surface area (Å²) in [7, 11) is 2.13. The molecule has 0 radical (unpaired) electrons. The molecular formula is C17H33N. The van der Waals surface area contributed by atoms with Crippen molar-refractivity contribution >= 4 is 0 Å². The maximum absolute atomic E-state index is 3.45. The highest BCUT2D eigenvalue weighted by molar-refractivity contribution is 4.84. The quantitative estimate of drug-likeness (QED) is 0.719. The van der Waals surface area contributed by atoms with Gasteiger partial charge in [0.05, 0.1) is 0 Å². The van der Waals surface area contributed by atoms with Gasteiger partial charge in [-0.15, -0.1) is 0 Å². The van der Waals surface area contributed by atoms with E-state index in [0.29, 0.717) is 0 Å². The standard InChI is InChI=1S/C17H33N/c1-3-14-9-11-15(12-10-14)17-8-6-4-5-7-16(17)13-18-2/h14-18H,3-13H2,1-2H3. The van der Waals surface area contributed by atoms with Gasteiger partial charge in [0, 0.05) is 0 Å². The zero-order chi connectivity index (χ0) is 12.8. The first-order valence-corrected chi connectivity index (χ1v) is 8.49. The molecule has 0 aliphatic heterocycles. The molecule has 2 aliphatic carbocycles. The van der Waals surface area contributed by atoms with Crippen LogP contribution in [0, 0.1) is 23.7 Å². The highest BCUT2D eigenvalue weighted by atomic mass is 14.8. The minimum Gasteiger partial charge on any atom is -0.319 e. The molecule has 0 aromatic heterocycles. The summed E-state index contributed by atoms with van der Waals surface area (Å²) in [4.78, 5) is 0. The van der Waals surface area contributed by atoms with Gasteiger partial charge >= 0.3 is 0 Å². The van der Waals surface area contributed by atoms with Crippen LogP contribution in [0.3, 0.4) is 0 Å². The van der Waals surface area contributed by atoms with Crippen LogP contribution in [-0.2, 0) is 0 Å². The molecule has 0 heterocycles. The van der Waals surface area contributed by atoms with Crippen LogP contribution in [0.1, 0.15) is 71.1 Å². The average molecular weight is 251 g/mol. The molecule has 0 amide bonds. The Morgan fingerprint density at radius 1 is 0.889 bits per heavy atom. The van der Waals surface area contributed by atoms with E-state index in [9.17, 15) is 0 Å². The Hall–Kier alpha value is -0.0400. The largest absolute Gasteiger partial charge is 0.319 e. The molecule has 2 aliphatic rings. The third-order valence-corrected chi connectivity index (χ3v) is 5.76. The Kier molecular flexibility index (Phi) is 6.01. The molecule has 2 rings (SSSR count). The number of rotatable bonds is 4. The van der Waals surface area contributed by atoms with Gasteiger partial charge in [0.2, 0.25) is 0 Å². The van der Waals surface area contributed by atoms with Gasteiger partial charge in [0.15, 0.2) is 0 Å². The Morgan fingerprint density at radius 2 is 1.61 bits per heavy atom. The van der Waals surface area contributed by atoms with E-state index >= 15 is 0 Å². The fraction of sp³-hybridized carbons (Fsp3) is 1.00. The lowest BCUT2D eigenvalue weighted by Gasteiger charge is -2.37.